The fourth-order valence-corrected chi connectivity index (χ4v) is 4.15. The molecule has 1 N–H and O–H groups in total. The molecule has 2 atom stereocenters. The van der Waals surface area contributed by atoms with E-state index in [1.165, 1.54) is 24.3 Å². The molecule has 29 heavy (non-hydrogen) atoms. The van der Waals surface area contributed by atoms with E-state index in [2.05, 4.69) is 10.4 Å². The highest BCUT2D eigenvalue weighted by atomic mass is 35.5. The van der Waals surface area contributed by atoms with Crippen LogP contribution in [0.1, 0.15) is 53.8 Å². The molecule has 1 aromatic carbocycles. The number of nitrogens with zero attached hydrogens (tertiary/aromatic N) is 3. The molecule has 2 aliphatic rings. The van der Waals surface area contributed by atoms with Crippen molar-refractivity contribution in [3.8, 4) is 0 Å². The van der Waals surface area contributed by atoms with E-state index in [0.29, 0.717) is 18.7 Å². The number of halogens is 5. The molecule has 0 bridgehead atoms. The molecule has 0 saturated carbocycles. The van der Waals surface area contributed by atoms with Gasteiger partial charge in [0.05, 0.1) is 6.04 Å². The van der Waals surface area contributed by atoms with Crippen LogP contribution in [0.2, 0.25) is 5.02 Å². The number of likely N-dealkylation sites (tertiary alicyclic amines) is 1. The minimum absolute atomic E-state index is 0.0464. The average Bonchev–Trinajstić information content (AvgIpc) is 3.04. The van der Waals surface area contributed by atoms with Crippen LogP contribution in [0.25, 0.3) is 0 Å². The predicted octanol–water partition coefficient (Wildman–Crippen LogP) is 4.96. The van der Waals surface area contributed by atoms with Gasteiger partial charge in [-0.15, -0.1) is 0 Å². The molecule has 1 fully saturated rings. The summed E-state index contributed by atoms with van der Waals surface area (Å²) in [6.07, 6.45) is -2.25. The summed E-state index contributed by atoms with van der Waals surface area (Å²) in [4.78, 5) is 14.4. The maximum atomic E-state index is 13.8. The van der Waals surface area contributed by atoms with Crippen LogP contribution in [0.15, 0.2) is 24.3 Å². The number of fused-ring (bicyclic) bond motifs is 1. The number of amides is 1. The lowest BCUT2D eigenvalue weighted by atomic mass is 9.97. The second-order valence-corrected chi connectivity index (χ2v) is 7.73. The first kappa shape index (κ1) is 20.0. The van der Waals surface area contributed by atoms with Crippen molar-refractivity contribution in [1.82, 2.24) is 14.7 Å². The van der Waals surface area contributed by atoms with Gasteiger partial charge in [-0.2, -0.15) is 18.3 Å². The normalized spacial score (nSPS) is 22.2. The fraction of sp³-hybridized carbons (Fsp3) is 0.474. The van der Waals surface area contributed by atoms with Crippen LogP contribution in [0.4, 0.5) is 23.4 Å². The lowest BCUT2D eigenvalue weighted by molar-refractivity contribution is -0.173. The number of carbonyl (C=O) groups is 1. The van der Waals surface area contributed by atoms with Crippen LogP contribution < -0.4 is 5.32 Å². The van der Waals surface area contributed by atoms with Crippen LogP contribution in [0, 0.1) is 5.82 Å². The second kappa shape index (κ2) is 7.51. The van der Waals surface area contributed by atoms with Gasteiger partial charge in [-0.3, -0.25) is 4.79 Å². The molecule has 0 unspecified atom stereocenters. The van der Waals surface area contributed by atoms with E-state index < -0.39 is 30.0 Å². The molecule has 5 nitrogen and oxygen atoms in total. The Morgan fingerprint density at radius 1 is 1.14 bits per heavy atom. The number of piperidine rings is 1. The molecular weight excluding hydrogens is 412 g/mol. The van der Waals surface area contributed by atoms with Crippen molar-refractivity contribution < 1.29 is 22.4 Å². The summed E-state index contributed by atoms with van der Waals surface area (Å²) in [5, 5.41) is 6.80. The van der Waals surface area contributed by atoms with Crippen molar-refractivity contribution in [3.63, 3.8) is 0 Å². The Bertz CT molecular complexity index is 906. The molecular formula is C19H19ClF4N4O. The van der Waals surface area contributed by atoms with Gasteiger partial charge in [0.1, 0.15) is 16.7 Å². The molecule has 4 rings (SSSR count). The quantitative estimate of drug-likeness (QED) is 0.685. The minimum Gasteiger partial charge on any atom is -0.362 e. The standard InChI is InChI=1S/C19H19ClF4N4O/c20-15-16(18(29)27-8-2-1-3-9-27)26-28-14(19(22,23)24)10-13(25-17(15)28)11-4-6-12(21)7-5-11/h4-7,13-14,25H,1-3,8-10H2/t13-,14-/m0/s1. The van der Waals surface area contributed by atoms with Gasteiger partial charge in [-0.1, -0.05) is 23.7 Å². The highest BCUT2D eigenvalue weighted by molar-refractivity contribution is 6.36. The molecule has 1 aromatic heterocycles. The Morgan fingerprint density at radius 2 is 1.79 bits per heavy atom. The fourth-order valence-electron chi connectivity index (χ4n) is 3.89. The Morgan fingerprint density at radius 3 is 2.41 bits per heavy atom. The zero-order chi connectivity index (χ0) is 20.8. The van der Waals surface area contributed by atoms with Gasteiger partial charge in [0.15, 0.2) is 11.7 Å². The SMILES string of the molecule is O=C(c1nn2c(c1Cl)N[C@H](c1ccc(F)cc1)C[C@H]2C(F)(F)F)N1CCCCC1. The molecule has 0 spiro atoms. The average molecular weight is 431 g/mol. The molecule has 2 aliphatic heterocycles. The first-order chi connectivity index (χ1) is 13.8. The van der Waals surface area contributed by atoms with Gasteiger partial charge >= 0.3 is 6.18 Å². The number of aromatic nitrogens is 2. The van der Waals surface area contributed by atoms with Crippen molar-refractivity contribution in [3.05, 3.63) is 46.4 Å². The van der Waals surface area contributed by atoms with E-state index in [1.807, 2.05) is 0 Å². The van der Waals surface area contributed by atoms with E-state index >= 15 is 0 Å². The van der Waals surface area contributed by atoms with Crippen LogP contribution in [0.3, 0.4) is 0 Å². The van der Waals surface area contributed by atoms with Crippen LogP contribution in [0.5, 0.6) is 0 Å². The van der Waals surface area contributed by atoms with Crippen molar-refractivity contribution in [2.24, 2.45) is 0 Å². The molecule has 3 heterocycles. The smallest absolute Gasteiger partial charge is 0.362 e. The Balaban J connectivity index is 1.71. The van der Waals surface area contributed by atoms with Crippen molar-refractivity contribution >= 4 is 23.3 Å². The third kappa shape index (κ3) is 3.80. The summed E-state index contributed by atoms with van der Waals surface area (Å²) in [5.74, 6) is -0.984. The van der Waals surface area contributed by atoms with E-state index in [1.54, 1.807) is 4.90 Å². The number of nitrogens with one attached hydrogen (secondary N) is 1. The van der Waals surface area contributed by atoms with E-state index in [4.69, 9.17) is 11.6 Å². The lowest BCUT2D eigenvalue weighted by Crippen LogP contribution is -2.37. The maximum Gasteiger partial charge on any atom is 0.410 e. The Labute approximate surface area is 169 Å². The topological polar surface area (TPSA) is 50.2 Å². The summed E-state index contributed by atoms with van der Waals surface area (Å²) >= 11 is 6.33. The van der Waals surface area contributed by atoms with E-state index in [-0.39, 0.29) is 23.0 Å². The van der Waals surface area contributed by atoms with Gasteiger partial charge in [0.25, 0.3) is 5.91 Å². The zero-order valence-electron chi connectivity index (χ0n) is 15.3. The molecule has 2 aromatic rings. The highest BCUT2D eigenvalue weighted by Crippen LogP contribution is 2.46. The third-order valence-electron chi connectivity index (χ3n) is 5.41. The molecule has 10 heteroatoms. The van der Waals surface area contributed by atoms with Gasteiger partial charge in [-0.25, -0.2) is 9.07 Å². The summed E-state index contributed by atoms with van der Waals surface area (Å²) in [6.45, 7) is 1.07. The number of alkyl halides is 3. The Kier molecular flexibility index (Phi) is 5.18. The summed E-state index contributed by atoms with van der Waals surface area (Å²) < 4.78 is 55.3. The van der Waals surface area contributed by atoms with Crippen LogP contribution in [-0.2, 0) is 0 Å². The molecule has 1 saturated heterocycles. The largest absolute Gasteiger partial charge is 0.410 e. The molecule has 0 radical (unpaired) electrons. The minimum atomic E-state index is -4.59. The van der Waals surface area contributed by atoms with Crippen molar-refractivity contribution in [1.29, 1.82) is 0 Å². The highest BCUT2D eigenvalue weighted by Gasteiger charge is 2.48. The van der Waals surface area contributed by atoms with Gasteiger partial charge in [0, 0.05) is 19.5 Å². The zero-order valence-corrected chi connectivity index (χ0v) is 16.1. The summed E-state index contributed by atoms with van der Waals surface area (Å²) in [7, 11) is 0. The predicted molar refractivity (Wildman–Crippen MR) is 99.5 cm³/mol. The van der Waals surface area contributed by atoms with Crippen molar-refractivity contribution in [2.75, 3.05) is 18.4 Å². The van der Waals surface area contributed by atoms with Crippen LogP contribution >= 0.6 is 11.6 Å². The van der Waals surface area contributed by atoms with Crippen molar-refractivity contribution in [2.45, 2.75) is 43.9 Å². The maximum absolute atomic E-state index is 13.8. The number of hydrogen-bond acceptors (Lipinski definition) is 3. The van der Waals surface area contributed by atoms with Gasteiger partial charge in [0.2, 0.25) is 0 Å². The summed E-state index contributed by atoms with van der Waals surface area (Å²) in [6, 6.07) is 2.55. The summed E-state index contributed by atoms with van der Waals surface area (Å²) in [5.41, 5.74) is 0.318. The Hall–Kier alpha value is -2.29. The molecule has 0 aliphatic carbocycles. The monoisotopic (exact) mass is 430 g/mol. The number of rotatable bonds is 2. The van der Waals surface area contributed by atoms with Gasteiger partial charge in [-0.05, 0) is 37.0 Å². The molecule has 1 amide bonds. The molecule has 156 valence electrons. The second-order valence-electron chi connectivity index (χ2n) is 7.35. The number of benzene rings is 1. The number of carbonyl (C=O) groups excluding carboxylic acids is 1. The van der Waals surface area contributed by atoms with E-state index in [0.717, 1.165) is 23.9 Å². The van der Waals surface area contributed by atoms with E-state index in [9.17, 15) is 22.4 Å². The first-order valence-electron chi connectivity index (χ1n) is 9.41. The first-order valence-corrected chi connectivity index (χ1v) is 9.79. The number of anilines is 1. The lowest BCUT2D eigenvalue weighted by Gasteiger charge is -2.33. The van der Waals surface area contributed by atoms with Gasteiger partial charge < -0.3 is 10.2 Å². The van der Waals surface area contributed by atoms with Crippen LogP contribution in [-0.4, -0.2) is 39.9 Å². The third-order valence-corrected chi connectivity index (χ3v) is 5.77. The number of hydrogen-bond donors (Lipinski definition) is 1.